The predicted octanol–water partition coefficient (Wildman–Crippen LogP) is 9.78. The maximum Gasteiger partial charge on any atom is 0.137 e. The van der Waals surface area contributed by atoms with Crippen LogP contribution in [0.2, 0.25) is 0 Å². The SMILES string of the molecule is c1ccc(-n2c3ccccc3c3ccc4c(c5ccc6oc7ccccc7c6c5n4-c4ccccc4)c32)cc1. The van der Waals surface area contributed by atoms with E-state index in [1.165, 1.54) is 43.6 Å². The zero-order chi connectivity index (χ0) is 25.5. The highest BCUT2D eigenvalue weighted by molar-refractivity contribution is 6.31. The van der Waals surface area contributed by atoms with Gasteiger partial charge in [-0.2, -0.15) is 0 Å². The molecule has 3 heterocycles. The van der Waals surface area contributed by atoms with Crippen LogP contribution in [0.25, 0.3) is 76.9 Å². The Morgan fingerprint density at radius 1 is 0.359 bits per heavy atom. The minimum Gasteiger partial charge on any atom is -0.456 e. The molecule has 182 valence electrons. The zero-order valence-corrected chi connectivity index (χ0v) is 21.0. The van der Waals surface area contributed by atoms with E-state index in [0.29, 0.717) is 0 Å². The Kier molecular flexibility index (Phi) is 4.05. The maximum absolute atomic E-state index is 6.36. The predicted molar refractivity (Wildman–Crippen MR) is 162 cm³/mol. The van der Waals surface area contributed by atoms with Crippen molar-refractivity contribution in [2.24, 2.45) is 0 Å². The molecule has 3 aromatic heterocycles. The Balaban J connectivity index is 1.60. The van der Waals surface area contributed by atoms with E-state index in [9.17, 15) is 0 Å². The first kappa shape index (κ1) is 20.7. The third kappa shape index (κ3) is 2.71. The smallest absolute Gasteiger partial charge is 0.137 e. The van der Waals surface area contributed by atoms with E-state index in [1.807, 2.05) is 6.07 Å². The fourth-order valence-corrected chi connectivity index (χ4v) is 6.54. The van der Waals surface area contributed by atoms with Gasteiger partial charge in [-0.1, -0.05) is 78.9 Å². The lowest BCUT2D eigenvalue weighted by molar-refractivity contribution is 0.669. The van der Waals surface area contributed by atoms with Gasteiger partial charge >= 0.3 is 0 Å². The second-order valence-electron chi connectivity index (χ2n) is 10.1. The average Bonchev–Trinajstić information content (AvgIpc) is 3.65. The minimum absolute atomic E-state index is 0.906. The third-order valence-electron chi connectivity index (χ3n) is 8.09. The van der Waals surface area contributed by atoms with Crippen molar-refractivity contribution in [1.29, 1.82) is 0 Å². The Morgan fingerprint density at radius 2 is 0.949 bits per heavy atom. The largest absolute Gasteiger partial charge is 0.456 e. The molecular formula is C36H22N2O. The normalized spacial score (nSPS) is 12.1. The lowest BCUT2D eigenvalue weighted by Gasteiger charge is -2.10. The molecule has 0 unspecified atom stereocenters. The molecule has 0 radical (unpaired) electrons. The molecule has 0 saturated carbocycles. The van der Waals surface area contributed by atoms with Gasteiger partial charge in [-0.3, -0.25) is 0 Å². The van der Waals surface area contributed by atoms with Crippen LogP contribution in [0.1, 0.15) is 0 Å². The summed E-state index contributed by atoms with van der Waals surface area (Å²) in [6.45, 7) is 0. The summed E-state index contributed by atoms with van der Waals surface area (Å²) in [4.78, 5) is 0. The molecule has 39 heavy (non-hydrogen) atoms. The lowest BCUT2D eigenvalue weighted by Crippen LogP contribution is -1.95. The Labute approximate surface area is 223 Å². The molecule has 0 aliphatic heterocycles. The van der Waals surface area contributed by atoms with E-state index in [-0.39, 0.29) is 0 Å². The van der Waals surface area contributed by atoms with Gasteiger partial charge < -0.3 is 13.6 Å². The van der Waals surface area contributed by atoms with Gasteiger partial charge in [0, 0.05) is 38.3 Å². The number of fused-ring (bicyclic) bond motifs is 11. The molecule has 0 aliphatic carbocycles. The summed E-state index contributed by atoms with van der Waals surface area (Å²) in [6.07, 6.45) is 0. The number of benzene rings is 6. The zero-order valence-electron chi connectivity index (χ0n) is 21.0. The summed E-state index contributed by atoms with van der Waals surface area (Å²) in [5, 5.41) is 7.27. The highest BCUT2D eigenvalue weighted by atomic mass is 16.3. The first-order valence-corrected chi connectivity index (χ1v) is 13.3. The number of rotatable bonds is 2. The molecule has 0 spiro atoms. The summed E-state index contributed by atoms with van der Waals surface area (Å²) in [7, 11) is 0. The molecule has 3 nitrogen and oxygen atoms in total. The molecule has 9 aromatic rings. The van der Waals surface area contributed by atoms with Gasteiger partial charge in [0.1, 0.15) is 11.2 Å². The average molecular weight is 499 g/mol. The van der Waals surface area contributed by atoms with Crippen molar-refractivity contribution in [3.63, 3.8) is 0 Å². The molecule has 0 amide bonds. The van der Waals surface area contributed by atoms with Crippen molar-refractivity contribution in [2.75, 3.05) is 0 Å². The van der Waals surface area contributed by atoms with Gasteiger partial charge in [0.05, 0.1) is 27.5 Å². The van der Waals surface area contributed by atoms with Crippen molar-refractivity contribution in [3.8, 4) is 11.4 Å². The second kappa shape index (κ2) is 7.62. The van der Waals surface area contributed by atoms with Gasteiger partial charge in [0.2, 0.25) is 0 Å². The summed E-state index contributed by atoms with van der Waals surface area (Å²) in [5.74, 6) is 0. The Bertz CT molecular complexity index is 2370. The van der Waals surface area contributed by atoms with E-state index >= 15 is 0 Å². The Morgan fingerprint density at radius 3 is 1.72 bits per heavy atom. The van der Waals surface area contributed by atoms with Crippen LogP contribution in [-0.4, -0.2) is 9.13 Å². The second-order valence-corrected chi connectivity index (χ2v) is 10.1. The van der Waals surface area contributed by atoms with Crippen LogP contribution in [0.3, 0.4) is 0 Å². The van der Waals surface area contributed by atoms with Gasteiger partial charge in [0.25, 0.3) is 0 Å². The van der Waals surface area contributed by atoms with E-state index in [0.717, 1.165) is 33.3 Å². The summed E-state index contributed by atoms with van der Waals surface area (Å²) < 4.78 is 11.2. The van der Waals surface area contributed by atoms with Crippen LogP contribution in [0.15, 0.2) is 138 Å². The van der Waals surface area contributed by atoms with E-state index in [2.05, 4.69) is 137 Å². The van der Waals surface area contributed by atoms with Crippen LogP contribution in [-0.2, 0) is 0 Å². The highest BCUT2D eigenvalue weighted by Crippen LogP contribution is 2.45. The molecule has 0 atom stereocenters. The molecule has 0 aliphatic rings. The maximum atomic E-state index is 6.36. The van der Waals surface area contributed by atoms with Crippen molar-refractivity contribution in [3.05, 3.63) is 133 Å². The molecule has 0 fully saturated rings. The number of hydrogen-bond donors (Lipinski definition) is 0. The molecular weight excluding hydrogens is 476 g/mol. The van der Waals surface area contributed by atoms with Crippen LogP contribution in [0.5, 0.6) is 0 Å². The van der Waals surface area contributed by atoms with Gasteiger partial charge in [-0.15, -0.1) is 0 Å². The number of furan rings is 1. The van der Waals surface area contributed by atoms with Crippen LogP contribution < -0.4 is 0 Å². The monoisotopic (exact) mass is 498 g/mol. The fraction of sp³-hybridized carbons (Fsp3) is 0. The number of para-hydroxylation sites is 4. The summed E-state index contributed by atoms with van der Waals surface area (Å²) in [5.41, 5.74) is 8.91. The van der Waals surface area contributed by atoms with Crippen molar-refractivity contribution in [1.82, 2.24) is 9.13 Å². The third-order valence-corrected chi connectivity index (χ3v) is 8.09. The van der Waals surface area contributed by atoms with Crippen molar-refractivity contribution in [2.45, 2.75) is 0 Å². The molecule has 0 saturated heterocycles. The molecule has 6 aromatic carbocycles. The van der Waals surface area contributed by atoms with Crippen LogP contribution in [0, 0.1) is 0 Å². The molecule has 0 bridgehead atoms. The van der Waals surface area contributed by atoms with Crippen LogP contribution in [0.4, 0.5) is 0 Å². The highest BCUT2D eigenvalue weighted by Gasteiger charge is 2.23. The topological polar surface area (TPSA) is 23.0 Å². The quantitative estimate of drug-likeness (QED) is 0.233. The number of aromatic nitrogens is 2. The first-order valence-electron chi connectivity index (χ1n) is 13.3. The van der Waals surface area contributed by atoms with Crippen molar-refractivity contribution < 1.29 is 4.42 Å². The summed E-state index contributed by atoms with van der Waals surface area (Å²) in [6, 6.07) is 47.4. The molecule has 0 N–H and O–H groups in total. The van der Waals surface area contributed by atoms with E-state index in [1.54, 1.807) is 0 Å². The van der Waals surface area contributed by atoms with Gasteiger partial charge in [-0.25, -0.2) is 0 Å². The van der Waals surface area contributed by atoms with Crippen molar-refractivity contribution >= 4 is 65.6 Å². The standard InChI is InChI=1S/C36H22N2O/c1-3-11-23(12-4-1)37-29-17-9-7-15-25(29)26-19-21-30-33(35(26)37)28-20-22-32-34(27-16-8-10-18-31(27)39-32)36(28)38(30)24-13-5-2-6-14-24/h1-22H. The van der Waals surface area contributed by atoms with Gasteiger partial charge in [-0.05, 0) is 54.6 Å². The van der Waals surface area contributed by atoms with E-state index < -0.39 is 0 Å². The Hall–Kier alpha value is -5.28. The molecule has 9 rings (SSSR count). The summed E-state index contributed by atoms with van der Waals surface area (Å²) >= 11 is 0. The number of nitrogens with zero attached hydrogens (tertiary/aromatic N) is 2. The molecule has 3 heteroatoms. The lowest BCUT2D eigenvalue weighted by atomic mass is 10.1. The fourth-order valence-electron chi connectivity index (χ4n) is 6.54. The van der Waals surface area contributed by atoms with E-state index in [4.69, 9.17) is 4.42 Å². The number of hydrogen-bond acceptors (Lipinski definition) is 1. The first-order chi connectivity index (χ1) is 19.4. The van der Waals surface area contributed by atoms with Crippen LogP contribution >= 0.6 is 0 Å². The van der Waals surface area contributed by atoms with Gasteiger partial charge in [0.15, 0.2) is 0 Å². The minimum atomic E-state index is 0.906.